The number of rotatable bonds is 7. The molecule has 2 rings (SSSR count). The van der Waals surface area contributed by atoms with E-state index < -0.39 is 15.9 Å². The molecule has 138 valence electrons. The van der Waals surface area contributed by atoms with Gasteiger partial charge in [0.25, 0.3) is 0 Å². The number of hydrogen-bond donors (Lipinski definition) is 2. The van der Waals surface area contributed by atoms with E-state index in [-0.39, 0.29) is 22.9 Å². The molecule has 25 heavy (non-hydrogen) atoms. The van der Waals surface area contributed by atoms with Gasteiger partial charge < -0.3 is 10.6 Å². The van der Waals surface area contributed by atoms with E-state index in [1.807, 2.05) is 0 Å². The molecule has 1 aliphatic heterocycles. The van der Waals surface area contributed by atoms with Crippen LogP contribution in [-0.2, 0) is 14.8 Å². The van der Waals surface area contributed by atoms with Crippen LogP contribution in [-0.4, -0.2) is 44.8 Å². The van der Waals surface area contributed by atoms with Crippen LogP contribution >= 0.6 is 0 Å². The summed E-state index contributed by atoms with van der Waals surface area (Å²) in [5, 5.41) is 0. The maximum atomic E-state index is 12.3. The van der Waals surface area contributed by atoms with Gasteiger partial charge in [0.15, 0.2) is 0 Å². The van der Waals surface area contributed by atoms with Gasteiger partial charge in [0, 0.05) is 31.6 Å². The van der Waals surface area contributed by atoms with Crippen molar-refractivity contribution in [3.63, 3.8) is 0 Å². The van der Waals surface area contributed by atoms with E-state index in [9.17, 15) is 18.0 Å². The van der Waals surface area contributed by atoms with E-state index in [2.05, 4.69) is 4.72 Å². The monoisotopic (exact) mass is 367 g/mol. The van der Waals surface area contributed by atoms with Gasteiger partial charge in [-0.3, -0.25) is 9.59 Å². The Morgan fingerprint density at radius 1 is 1.28 bits per heavy atom. The molecule has 2 amide bonds. The Hall–Kier alpha value is -1.93. The standard InChI is InChI=1S/C17H25N3O4S/c1-13-7-8-14(12-15(13)17(18)22)25(23,24)19-9-5-11-20-10-4-2-3-6-16(20)21/h7-8,12,19H,2-6,9-11H2,1H3,(H2,18,22). The largest absolute Gasteiger partial charge is 0.366 e. The summed E-state index contributed by atoms with van der Waals surface area (Å²) in [4.78, 5) is 25.1. The second-order valence-corrected chi connectivity index (χ2v) is 8.05. The van der Waals surface area contributed by atoms with Crippen molar-refractivity contribution in [1.29, 1.82) is 0 Å². The summed E-state index contributed by atoms with van der Waals surface area (Å²) in [7, 11) is -3.72. The zero-order chi connectivity index (χ0) is 18.4. The van der Waals surface area contributed by atoms with Crippen molar-refractivity contribution in [3.8, 4) is 0 Å². The molecule has 1 heterocycles. The van der Waals surface area contributed by atoms with Crippen molar-refractivity contribution in [3.05, 3.63) is 29.3 Å². The molecule has 0 atom stereocenters. The highest BCUT2D eigenvalue weighted by Crippen LogP contribution is 2.15. The molecule has 7 nitrogen and oxygen atoms in total. The van der Waals surface area contributed by atoms with Crippen LogP contribution in [0.15, 0.2) is 23.1 Å². The first-order chi connectivity index (χ1) is 11.8. The minimum absolute atomic E-state index is 0.0118. The number of amides is 2. The molecule has 0 aliphatic carbocycles. The van der Waals surface area contributed by atoms with Crippen molar-refractivity contribution < 1.29 is 18.0 Å². The number of nitrogens with zero attached hydrogens (tertiary/aromatic N) is 1. The summed E-state index contributed by atoms with van der Waals surface area (Å²) >= 11 is 0. The topological polar surface area (TPSA) is 110 Å². The first-order valence-corrected chi connectivity index (χ1v) is 9.97. The van der Waals surface area contributed by atoms with Gasteiger partial charge in [-0.15, -0.1) is 0 Å². The Morgan fingerprint density at radius 2 is 2.04 bits per heavy atom. The van der Waals surface area contributed by atoms with Crippen molar-refractivity contribution in [1.82, 2.24) is 9.62 Å². The number of aryl methyl sites for hydroxylation is 1. The van der Waals surface area contributed by atoms with Crippen molar-refractivity contribution >= 4 is 21.8 Å². The molecular weight excluding hydrogens is 342 g/mol. The lowest BCUT2D eigenvalue weighted by Gasteiger charge is -2.20. The Morgan fingerprint density at radius 3 is 2.76 bits per heavy atom. The maximum Gasteiger partial charge on any atom is 0.249 e. The number of carbonyl (C=O) groups is 2. The minimum Gasteiger partial charge on any atom is -0.366 e. The second kappa shape index (κ2) is 8.44. The lowest BCUT2D eigenvalue weighted by Crippen LogP contribution is -2.34. The number of nitrogens with one attached hydrogen (secondary N) is 1. The maximum absolute atomic E-state index is 12.3. The lowest BCUT2D eigenvalue weighted by atomic mass is 10.1. The first-order valence-electron chi connectivity index (χ1n) is 8.49. The summed E-state index contributed by atoms with van der Waals surface area (Å²) in [5.74, 6) is -0.515. The molecule has 8 heteroatoms. The van der Waals surface area contributed by atoms with Crippen molar-refractivity contribution in [2.75, 3.05) is 19.6 Å². The summed E-state index contributed by atoms with van der Waals surface area (Å²) in [5.41, 5.74) is 6.09. The van der Waals surface area contributed by atoms with Crippen LogP contribution in [0.25, 0.3) is 0 Å². The van der Waals surface area contributed by atoms with Crippen LogP contribution in [0.3, 0.4) is 0 Å². The van der Waals surface area contributed by atoms with Gasteiger partial charge in [-0.05, 0) is 43.9 Å². The van der Waals surface area contributed by atoms with E-state index >= 15 is 0 Å². The highest BCUT2D eigenvalue weighted by atomic mass is 32.2. The van der Waals surface area contributed by atoms with E-state index in [0.29, 0.717) is 24.9 Å². The third-order valence-electron chi connectivity index (χ3n) is 4.35. The highest BCUT2D eigenvalue weighted by molar-refractivity contribution is 7.89. The Balaban J connectivity index is 1.92. The van der Waals surface area contributed by atoms with Crippen molar-refractivity contribution in [2.24, 2.45) is 5.73 Å². The number of sulfonamides is 1. The molecule has 1 aromatic carbocycles. The molecule has 0 radical (unpaired) electrons. The van der Waals surface area contributed by atoms with Crippen LogP contribution < -0.4 is 10.5 Å². The number of primary amides is 1. The Bertz CT molecular complexity index is 746. The van der Waals surface area contributed by atoms with E-state index in [4.69, 9.17) is 5.73 Å². The Labute approximate surface area is 148 Å². The van der Waals surface area contributed by atoms with E-state index in [0.717, 1.165) is 25.8 Å². The molecular formula is C17H25N3O4S. The number of nitrogens with two attached hydrogens (primary N) is 1. The van der Waals surface area contributed by atoms with Crippen LogP contribution in [0.2, 0.25) is 0 Å². The van der Waals surface area contributed by atoms with E-state index in [1.54, 1.807) is 17.9 Å². The summed E-state index contributed by atoms with van der Waals surface area (Å²) in [6, 6.07) is 4.30. The fourth-order valence-corrected chi connectivity index (χ4v) is 3.97. The predicted molar refractivity (Wildman–Crippen MR) is 94.6 cm³/mol. The summed E-state index contributed by atoms with van der Waals surface area (Å²) in [6.45, 7) is 3.21. The molecule has 1 aromatic rings. The quantitative estimate of drug-likeness (QED) is 0.705. The summed E-state index contributed by atoms with van der Waals surface area (Å²) < 4.78 is 27.2. The second-order valence-electron chi connectivity index (χ2n) is 6.28. The van der Waals surface area contributed by atoms with Gasteiger partial charge in [0.1, 0.15) is 0 Å². The lowest BCUT2D eigenvalue weighted by molar-refractivity contribution is -0.130. The highest BCUT2D eigenvalue weighted by Gasteiger charge is 2.18. The predicted octanol–water partition coefficient (Wildman–Crippen LogP) is 1.16. The van der Waals surface area contributed by atoms with Crippen LogP contribution in [0.4, 0.5) is 0 Å². The van der Waals surface area contributed by atoms with Gasteiger partial charge >= 0.3 is 0 Å². The number of carbonyl (C=O) groups excluding carboxylic acids is 2. The van der Waals surface area contributed by atoms with Gasteiger partial charge in [0.2, 0.25) is 21.8 Å². The van der Waals surface area contributed by atoms with Gasteiger partial charge in [0.05, 0.1) is 4.90 Å². The fourth-order valence-electron chi connectivity index (χ4n) is 2.87. The van der Waals surface area contributed by atoms with Crippen LogP contribution in [0, 0.1) is 6.92 Å². The molecule has 0 aromatic heterocycles. The molecule has 0 bridgehead atoms. The summed E-state index contributed by atoms with van der Waals surface area (Å²) in [6.07, 6.45) is 4.10. The molecule has 0 unspecified atom stereocenters. The van der Waals surface area contributed by atoms with E-state index in [1.165, 1.54) is 12.1 Å². The molecule has 0 spiro atoms. The third kappa shape index (κ3) is 5.27. The normalized spacial score (nSPS) is 15.9. The zero-order valence-corrected chi connectivity index (χ0v) is 15.3. The van der Waals surface area contributed by atoms with Gasteiger partial charge in [-0.1, -0.05) is 12.5 Å². The molecule has 1 fully saturated rings. The van der Waals surface area contributed by atoms with Crippen LogP contribution in [0.5, 0.6) is 0 Å². The van der Waals surface area contributed by atoms with Crippen LogP contribution in [0.1, 0.15) is 48.0 Å². The molecule has 3 N–H and O–H groups in total. The van der Waals surface area contributed by atoms with Gasteiger partial charge in [-0.25, -0.2) is 13.1 Å². The fraction of sp³-hybridized carbons (Fsp3) is 0.529. The minimum atomic E-state index is -3.72. The zero-order valence-electron chi connectivity index (χ0n) is 14.5. The number of likely N-dealkylation sites (tertiary alicyclic amines) is 1. The third-order valence-corrected chi connectivity index (χ3v) is 5.81. The SMILES string of the molecule is Cc1ccc(S(=O)(=O)NCCCN2CCCCCC2=O)cc1C(N)=O. The molecule has 0 saturated carbocycles. The molecule has 1 saturated heterocycles. The number of hydrogen-bond acceptors (Lipinski definition) is 4. The first kappa shape index (κ1) is 19.4. The van der Waals surface area contributed by atoms with Gasteiger partial charge in [-0.2, -0.15) is 0 Å². The average Bonchev–Trinajstić information content (AvgIpc) is 2.76. The average molecular weight is 367 g/mol. The smallest absolute Gasteiger partial charge is 0.249 e. The van der Waals surface area contributed by atoms with Crippen molar-refractivity contribution in [2.45, 2.75) is 43.9 Å². The molecule has 1 aliphatic rings. The Kier molecular flexibility index (Phi) is 6.55. The number of benzene rings is 1.